The van der Waals surface area contributed by atoms with Crippen molar-refractivity contribution in [3.05, 3.63) is 42.0 Å². The smallest absolute Gasteiger partial charge is 0.178 e. The van der Waals surface area contributed by atoms with Crippen LogP contribution in [-0.2, 0) is 9.84 Å². The van der Waals surface area contributed by atoms with Gasteiger partial charge in [0.15, 0.2) is 9.84 Å². The number of aliphatic hydroxyl groups excluding tert-OH is 1. The summed E-state index contributed by atoms with van der Waals surface area (Å²) < 4.78 is 26.2. The van der Waals surface area contributed by atoms with Crippen LogP contribution in [-0.4, -0.2) is 25.4 Å². The maximum atomic E-state index is 13.1. The van der Waals surface area contributed by atoms with Gasteiger partial charge in [-0.1, -0.05) is 50.6 Å². The maximum absolute atomic E-state index is 13.1. The number of aliphatic hydroxyl groups is 1. The molecule has 1 N–H and O–H groups in total. The second kappa shape index (κ2) is 7.98. The van der Waals surface area contributed by atoms with Crippen LogP contribution >= 0.6 is 0 Å². The Hall–Kier alpha value is -1.13. The van der Waals surface area contributed by atoms with Crippen molar-refractivity contribution < 1.29 is 13.5 Å². The third-order valence-corrected chi connectivity index (χ3v) is 12.4. The van der Waals surface area contributed by atoms with Gasteiger partial charge in [0, 0.05) is 0 Å². The molecular weight excluding hydrogens is 416 g/mol. The Morgan fingerprint density at radius 1 is 1.03 bits per heavy atom. The van der Waals surface area contributed by atoms with Gasteiger partial charge in [-0.15, -0.1) is 0 Å². The average molecular weight is 457 g/mol. The highest BCUT2D eigenvalue weighted by Crippen LogP contribution is 2.67. The molecule has 32 heavy (non-hydrogen) atoms. The number of rotatable bonds is 4. The molecule has 1 aromatic carbocycles. The van der Waals surface area contributed by atoms with E-state index in [0.717, 1.165) is 37.5 Å². The van der Waals surface area contributed by atoms with Crippen molar-refractivity contribution in [2.75, 3.05) is 5.75 Å². The summed E-state index contributed by atoms with van der Waals surface area (Å²) in [4.78, 5) is 0.465. The van der Waals surface area contributed by atoms with E-state index in [2.05, 4.69) is 26.8 Å². The van der Waals surface area contributed by atoms with Gasteiger partial charge < -0.3 is 5.11 Å². The van der Waals surface area contributed by atoms with Gasteiger partial charge in [-0.3, -0.25) is 0 Å². The molecule has 2 unspecified atom stereocenters. The highest BCUT2D eigenvalue weighted by molar-refractivity contribution is 7.91. The minimum absolute atomic E-state index is 0.150. The Morgan fingerprint density at radius 3 is 2.53 bits per heavy atom. The molecule has 0 aliphatic heterocycles. The minimum Gasteiger partial charge on any atom is -0.393 e. The number of hydrogen-bond acceptors (Lipinski definition) is 3. The Kier molecular flexibility index (Phi) is 5.65. The van der Waals surface area contributed by atoms with E-state index in [-0.39, 0.29) is 28.6 Å². The third-order valence-electron chi connectivity index (χ3n) is 10.4. The normalized spacial score (nSPS) is 42.4. The predicted octanol–water partition coefficient (Wildman–Crippen LogP) is 6.04. The summed E-state index contributed by atoms with van der Waals surface area (Å²) in [5.74, 6) is 3.09. The zero-order valence-electron chi connectivity index (χ0n) is 20.0. The van der Waals surface area contributed by atoms with Crippen LogP contribution in [0.3, 0.4) is 0 Å². The molecule has 0 bridgehead atoms. The summed E-state index contributed by atoms with van der Waals surface area (Å²) in [6.45, 7) is 7.16. The van der Waals surface area contributed by atoms with Gasteiger partial charge in [0.1, 0.15) is 0 Å². The van der Waals surface area contributed by atoms with Gasteiger partial charge in [0.25, 0.3) is 0 Å². The Morgan fingerprint density at radius 2 is 1.78 bits per heavy atom. The fourth-order valence-corrected chi connectivity index (χ4v) is 10.5. The van der Waals surface area contributed by atoms with Crippen LogP contribution in [0.4, 0.5) is 0 Å². The summed E-state index contributed by atoms with van der Waals surface area (Å²) >= 11 is 0. The van der Waals surface area contributed by atoms with E-state index in [0.29, 0.717) is 16.7 Å². The predicted molar refractivity (Wildman–Crippen MR) is 129 cm³/mol. The second-order valence-corrected chi connectivity index (χ2v) is 14.0. The van der Waals surface area contributed by atoms with Crippen LogP contribution in [0.15, 0.2) is 46.9 Å². The molecule has 4 heteroatoms. The molecule has 0 radical (unpaired) electrons. The molecule has 176 valence electrons. The lowest BCUT2D eigenvalue weighted by molar-refractivity contribution is -0.0554. The summed E-state index contributed by atoms with van der Waals surface area (Å²) in [5.41, 5.74) is 2.05. The fraction of sp³-hybridized carbons (Fsp3) is 0.714. The molecule has 5 rings (SSSR count). The second-order valence-electron chi connectivity index (χ2n) is 12.0. The highest BCUT2D eigenvalue weighted by Gasteiger charge is 2.59. The monoisotopic (exact) mass is 456 g/mol. The Balaban J connectivity index is 1.36. The van der Waals surface area contributed by atoms with Gasteiger partial charge in [0.2, 0.25) is 0 Å². The number of allylic oxidation sites excluding steroid dienone is 1. The summed E-state index contributed by atoms with van der Waals surface area (Å²) in [7, 11) is -3.25. The van der Waals surface area contributed by atoms with E-state index in [1.54, 1.807) is 12.1 Å². The molecule has 3 nitrogen and oxygen atoms in total. The largest absolute Gasteiger partial charge is 0.393 e. The summed E-state index contributed by atoms with van der Waals surface area (Å²) in [6, 6.07) is 8.99. The van der Waals surface area contributed by atoms with Crippen LogP contribution in [0, 0.1) is 40.4 Å². The summed E-state index contributed by atoms with van der Waals surface area (Å²) in [6.07, 6.45) is 11.3. The van der Waals surface area contributed by atoms with E-state index in [4.69, 9.17) is 0 Å². The van der Waals surface area contributed by atoms with Crippen molar-refractivity contribution in [3.8, 4) is 0 Å². The molecule has 1 aromatic rings. The first kappa shape index (κ1) is 22.7. The van der Waals surface area contributed by atoms with E-state index < -0.39 is 9.84 Å². The molecular formula is C28H40O3S. The lowest BCUT2D eigenvalue weighted by Crippen LogP contribution is -2.51. The number of benzene rings is 1. The SMILES string of the molecule is C[C@H](CS(=O)(=O)c1ccccc1)[C@H]1CCC2[C@@H]3CC=C4C[C@@H](O)CC[C@]4(C)C3CC[C@@]21C. The fourth-order valence-electron chi connectivity index (χ4n) is 8.80. The van der Waals surface area contributed by atoms with Crippen LogP contribution in [0.5, 0.6) is 0 Å². The van der Waals surface area contributed by atoms with Crippen LogP contribution in [0.1, 0.15) is 72.1 Å². The molecule has 4 aliphatic carbocycles. The van der Waals surface area contributed by atoms with E-state index in [1.165, 1.54) is 31.3 Å². The minimum atomic E-state index is -3.25. The molecule has 3 fully saturated rings. The van der Waals surface area contributed by atoms with E-state index in [1.807, 2.05) is 18.2 Å². The first-order valence-corrected chi connectivity index (χ1v) is 14.5. The summed E-state index contributed by atoms with van der Waals surface area (Å²) in [5, 5.41) is 10.2. The highest BCUT2D eigenvalue weighted by atomic mass is 32.2. The molecule has 0 aromatic heterocycles. The van der Waals surface area contributed by atoms with E-state index >= 15 is 0 Å². The van der Waals surface area contributed by atoms with Crippen molar-refractivity contribution in [2.45, 2.75) is 83.1 Å². The van der Waals surface area contributed by atoms with Crippen LogP contribution in [0.25, 0.3) is 0 Å². The molecule has 8 atom stereocenters. The van der Waals surface area contributed by atoms with Gasteiger partial charge in [-0.2, -0.15) is 0 Å². The first-order chi connectivity index (χ1) is 15.1. The Bertz CT molecular complexity index is 983. The van der Waals surface area contributed by atoms with Crippen molar-refractivity contribution in [1.29, 1.82) is 0 Å². The van der Waals surface area contributed by atoms with Gasteiger partial charge in [0.05, 0.1) is 16.8 Å². The Labute approximate surface area is 194 Å². The average Bonchev–Trinajstić information content (AvgIpc) is 3.12. The first-order valence-electron chi connectivity index (χ1n) is 12.8. The number of sulfone groups is 1. The topological polar surface area (TPSA) is 54.4 Å². The number of fused-ring (bicyclic) bond motifs is 5. The van der Waals surface area contributed by atoms with Crippen molar-refractivity contribution in [1.82, 2.24) is 0 Å². The van der Waals surface area contributed by atoms with E-state index in [9.17, 15) is 13.5 Å². The van der Waals surface area contributed by atoms with Gasteiger partial charge in [-0.05, 0) is 104 Å². The zero-order chi connectivity index (χ0) is 22.7. The number of hydrogen-bond donors (Lipinski definition) is 1. The quantitative estimate of drug-likeness (QED) is 0.562. The molecule has 3 saturated carbocycles. The third kappa shape index (κ3) is 3.52. The zero-order valence-corrected chi connectivity index (χ0v) is 20.8. The van der Waals surface area contributed by atoms with Crippen LogP contribution in [0.2, 0.25) is 0 Å². The molecule has 0 amide bonds. The van der Waals surface area contributed by atoms with Crippen molar-refractivity contribution in [2.24, 2.45) is 40.4 Å². The molecule has 4 aliphatic rings. The molecule has 0 spiro atoms. The van der Waals surface area contributed by atoms with Crippen LogP contribution < -0.4 is 0 Å². The maximum Gasteiger partial charge on any atom is 0.178 e. The van der Waals surface area contributed by atoms with Crippen molar-refractivity contribution in [3.63, 3.8) is 0 Å². The standard InChI is InChI=1S/C28H40O3S/c1-19(18-32(30,31)22-7-5-4-6-8-22)24-11-12-25-23-10-9-20-17-21(29)13-15-27(20,2)26(23)14-16-28(24,25)3/h4-9,19,21,23-26,29H,10-18H2,1-3H3/t19-,21+,23+,24-,25?,26?,27+,28-/m1/s1. The van der Waals surface area contributed by atoms with Gasteiger partial charge in [-0.25, -0.2) is 8.42 Å². The molecule has 0 saturated heterocycles. The lowest BCUT2D eigenvalue weighted by atomic mass is 9.47. The van der Waals surface area contributed by atoms with Crippen molar-refractivity contribution >= 4 is 9.84 Å². The molecule has 0 heterocycles. The lowest BCUT2D eigenvalue weighted by Gasteiger charge is -2.58. The van der Waals surface area contributed by atoms with Gasteiger partial charge >= 0.3 is 0 Å².